The van der Waals surface area contributed by atoms with Crippen molar-refractivity contribution in [3.63, 3.8) is 0 Å². The predicted molar refractivity (Wildman–Crippen MR) is 358 cm³/mol. The topological polar surface area (TPSA) is 127 Å². The van der Waals surface area contributed by atoms with Crippen molar-refractivity contribution in [1.29, 1.82) is 0 Å². The van der Waals surface area contributed by atoms with Gasteiger partial charge in [-0.1, -0.05) is 148 Å². The second kappa shape index (κ2) is 25.9. The largest absolute Gasteiger partial charge is 0.748 e. The molecule has 4 heterocycles. The summed E-state index contributed by atoms with van der Waals surface area (Å²) in [7, 11) is -8.54. The van der Waals surface area contributed by atoms with Gasteiger partial charge in [0.1, 0.15) is 13.1 Å². The van der Waals surface area contributed by atoms with Crippen molar-refractivity contribution < 1.29 is 35.1 Å². The second-order valence-electron chi connectivity index (χ2n) is 26.5. The first-order chi connectivity index (χ1) is 41.3. The molecule has 0 N–H and O–H groups in total. The van der Waals surface area contributed by atoms with E-state index in [2.05, 4.69) is 208 Å². The van der Waals surface area contributed by atoms with Gasteiger partial charge in [0.05, 0.1) is 31.1 Å². The quantitative estimate of drug-likeness (QED) is 0.0432. The Balaban J connectivity index is 0.861. The molecule has 0 bridgehead atoms. The number of anilines is 2. The Morgan fingerprint density at radius 1 is 0.448 bits per heavy atom. The van der Waals surface area contributed by atoms with Crippen molar-refractivity contribution in [2.45, 2.75) is 161 Å². The van der Waals surface area contributed by atoms with Crippen molar-refractivity contribution >= 4 is 77.6 Å². The molecule has 6 aliphatic rings. The van der Waals surface area contributed by atoms with Crippen LogP contribution < -0.4 is 9.80 Å². The fraction of sp³-hybridized carbons (Fsp3) is 0.425. The van der Waals surface area contributed by atoms with Crippen LogP contribution in [-0.2, 0) is 41.9 Å². The summed E-state index contributed by atoms with van der Waals surface area (Å²) in [5.41, 5.74) is 18.1. The maximum absolute atomic E-state index is 11.4. The van der Waals surface area contributed by atoms with E-state index in [1.54, 1.807) is 0 Å². The average molecular weight is 1250 g/mol. The summed E-state index contributed by atoms with van der Waals surface area (Å²) in [4.78, 5) is 4.57. The minimum atomic E-state index is -4.27. The minimum absolute atomic E-state index is 0.218. The van der Waals surface area contributed by atoms with E-state index in [-0.39, 0.29) is 33.2 Å². The monoisotopic (exact) mass is 1250 g/mol. The van der Waals surface area contributed by atoms with Crippen LogP contribution >= 0.6 is 23.2 Å². The summed E-state index contributed by atoms with van der Waals surface area (Å²) in [5.74, 6) is -0.714. The molecule has 0 radical (unpaired) electrons. The molecule has 0 atom stereocenters. The molecule has 0 fully saturated rings. The van der Waals surface area contributed by atoms with Gasteiger partial charge in [0.25, 0.3) is 0 Å². The summed E-state index contributed by atoms with van der Waals surface area (Å²) in [6.07, 6.45) is 28.4. The van der Waals surface area contributed by atoms with Crippen molar-refractivity contribution in [2.75, 3.05) is 47.5 Å². The molecule has 2 aliphatic carbocycles. The fourth-order valence-corrected chi connectivity index (χ4v) is 16.2. The van der Waals surface area contributed by atoms with Gasteiger partial charge < -0.3 is 18.9 Å². The number of allylic oxidation sites excluding steroid dienone is 16. The van der Waals surface area contributed by atoms with E-state index < -0.39 is 20.2 Å². The number of benzene rings is 4. The van der Waals surface area contributed by atoms with Crippen LogP contribution in [0.5, 0.6) is 0 Å². The highest BCUT2D eigenvalue weighted by atomic mass is 35.5. The van der Waals surface area contributed by atoms with Gasteiger partial charge >= 0.3 is 0 Å². The molecule has 0 aromatic heterocycles. The zero-order valence-electron chi connectivity index (χ0n) is 52.1. The third-order valence-electron chi connectivity index (χ3n) is 19.2. The molecule has 0 saturated heterocycles. The Labute approximate surface area is 529 Å². The highest BCUT2D eigenvalue weighted by Crippen LogP contribution is 2.50. The lowest BCUT2D eigenvalue weighted by atomic mass is 9.81. The normalized spacial score (nSPS) is 21.5. The molecular weight excluding hydrogens is 1160 g/mol. The van der Waals surface area contributed by atoms with Gasteiger partial charge in [-0.3, -0.25) is 0 Å². The first-order valence-corrected chi connectivity index (χ1v) is 35.3. The zero-order chi connectivity index (χ0) is 62.1. The molecule has 0 unspecified atom stereocenters. The number of fused-ring (bicyclic) bond motifs is 4. The van der Waals surface area contributed by atoms with Crippen molar-refractivity contribution in [1.82, 2.24) is 0 Å². The number of rotatable bonds is 22. The van der Waals surface area contributed by atoms with Crippen molar-refractivity contribution in [3.8, 4) is 0 Å². The van der Waals surface area contributed by atoms with E-state index in [9.17, 15) is 25.9 Å². The van der Waals surface area contributed by atoms with Gasteiger partial charge in [0.15, 0.2) is 11.4 Å². The third kappa shape index (κ3) is 13.5. The summed E-state index contributed by atoms with van der Waals surface area (Å²) in [6, 6.07) is 34.5. The lowest BCUT2D eigenvalue weighted by Gasteiger charge is -2.27. The number of para-hydroxylation sites is 4. The van der Waals surface area contributed by atoms with Crippen LogP contribution in [0, 0.1) is 0 Å². The van der Waals surface area contributed by atoms with Crippen molar-refractivity contribution in [3.05, 3.63) is 212 Å². The summed E-state index contributed by atoms with van der Waals surface area (Å²) >= 11 is 14.8. The van der Waals surface area contributed by atoms with E-state index in [1.165, 1.54) is 45.1 Å². The van der Waals surface area contributed by atoms with E-state index in [0.29, 0.717) is 38.8 Å². The highest BCUT2D eigenvalue weighted by Gasteiger charge is 2.46. The maximum atomic E-state index is 11.4. The standard InChI is InChI=1S/C73H86Cl2N4O6S2/c1-70(2)56-30-10-14-34-60(56)76(64(70)42-38-52-26-24-28-54(68(52)74)40-44-66-72(5,6)58-32-12-16-36-62(58)78(66)48-20-22-50-86(80,81)82)46-18-9-19-47-77-61-35-15-11-31-57(61)71(3,4)65(77)43-39-53-27-25-29-55(69(53)75)41-45-67-73(7,8)59-33-13-17-37-63(59)79(67)49-21-23-51-87(83,84)85/h10-17,30-45H,9,18-29,46-51H2,1-8H3. The molecule has 87 heavy (non-hydrogen) atoms. The van der Waals surface area contributed by atoms with Crippen molar-refractivity contribution in [2.24, 2.45) is 0 Å². The molecule has 10 nitrogen and oxygen atoms in total. The average Bonchev–Trinajstić information content (AvgIpc) is 1.69. The fourth-order valence-electron chi connectivity index (χ4n) is 14.5. The number of hydrogen-bond donors (Lipinski definition) is 0. The molecule has 0 saturated carbocycles. The summed E-state index contributed by atoms with van der Waals surface area (Å²) in [5, 5.41) is 1.60. The van der Waals surface area contributed by atoms with Crippen LogP contribution in [0.2, 0.25) is 0 Å². The number of halogens is 2. The lowest BCUT2D eigenvalue weighted by molar-refractivity contribution is -0.443. The maximum Gasteiger partial charge on any atom is 0.209 e. The highest BCUT2D eigenvalue weighted by molar-refractivity contribution is 7.85. The molecule has 4 aliphatic heterocycles. The lowest BCUT2D eigenvalue weighted by Crippen LogP contribution is -2.28. The Morgan fingerprint density at radius 2 is 0.816 bits per heavy atom. The number of nitrogens with zero attached hydrogens (tertiary/aromatic N) is 4. The number of hydrogen-bond acceptors (Lipinski definition) is 8. The molecule has 460 valence electrons. The van der Waals surface area contributed by atoms with Gasteiger partial charge in [-0.05, 0) is 156 Å². The minimum Gasteiger partial charge on any atom is -0.748 e. The van der Waals surface area contributed by atoms with Gasteiger partial charge in [-0.25, -0.2) is 16.8 Å². The smallest absolute Gasteiger partial charge is 0.209 e. The molecule has 14 heteroatoms. The summed E-state index contributed by atoms with van der Waals surface area (Å²) in [6.45, 7) is 21.3. The molecule has 0 amide bonds. The molecular formula is C73H86Cl2N4O6S2. The summed E-state index contributed by atoms with van der Waals surface area (Å²) < 4.78 is 73.6. The third-order valence-corrected chi connectivity index (χ3v) is 21.7. The van der Waals surface area contributed by atoms with E-state index in [1.807, 2.05) is 12.1 Å². The first kappa shape index (κ1) is 64.1. The molecule has 0 spiro atoms. The van der Waals surface area contributed by atoms with Gasteiger partial charge in [-0.2, -0.15) is 9.15 Å². The van der Waals surface area contributed by atoms with Gasteiger partial charge in [0, 0.05) is 117 Å². The predicted octanol–water partition coefficient (Wildman–Crippen LogP) is 16.6. The first-order valence-electron chi connectivity index (χ1n) is 31.4. The van der Waals surface area contributed by atoms with E-state index in [0.717, 1.165) is 126 Å². The van der Waals surface area contributed by atoms with Crippen LogP contribution in [0.4, 0.5) is 22.7 Å². The Morgan fingerprint density at radius 3 is 1.21 bits per heavy atom. The SMILES string of the molecule is CC1(C)C(/C=C/C2=C(Cl)C(=C/C=C3\N(CCCCS(=O)(=O)[O-])c4ccccc4C3(C)C)/CCC2)=[N+](CCCCC[N+]2=C(/C=C/C3=C(Cl)C(=C/C=C4/N(CCCCS(=O)(=O)[O-])c5ccccc5C4(C)C)/CCC3)C(C)(C)c3ccccc32)c2ccccc21. The van der Waals surface area contributed by atoms with Gasteiger partial charge in [-0.15, -0.1) is 0 Å². The van der Waals surface area contributed by atoms with Crippen LogP contribution in [0.25, 0.3) is 0 Å². The Hall–Kier alpha value is -5.86. The van der Waals surface area contributed by atoms with E-state index in [4.69, 9.17) is 23.2 Å². The van der Waals surface area contributed by atoms with E-state index >= 15 is 0 Å². The van der Waals surface area contributed by atoms with Crippen LogP contribution in [0.1, 0.15) is 161 Å². The zero-order valence-corrected chi connectivity index (χ0v) is 55.2. The van der Waals surface area contributed by atoms with Crippen LogP contribution in [0.3, 0.4) is 0 Å². The molecule has 4 aromatic carbocycles. The molecule has 10 rings (SSSR count). The Bertz CT molecular complexity index is 3650. The Kier molecular flexibility index (Phi) is 19.1. The van der Waals surface area contributed by atoms with Crippen LogP contribution in [0.15, 0.2) is 189 Å². The van der Waals surface area contributed by atoms with Gasteiger partial charge in [0.2, 0.25) is 11.4 Å². The molecule has 4 aromatic rings. The number of unbranched alkanes of at least 4 members (excludes halogenated alkanes) is 4. The van der Waals surface area contributed by atoms with Crippen LogP contribution in [-0.4, -0.2) is 84.2 Å². The second-order valence-corrected chi connectivity index (χ2v) is 30.3.